The average Bonchev–Trinajstić information content (AvgIpc) is 3.04. The molecule has 28 heavy (non-hydrogen) atoms. The largest absolute Gasteiger partial charge is 0.451 e. The molecule has 0 atom stereocenters. The van der Waals surface area contributed by atoms with Gasteiger partial charge >= 0.3 is 0 Å². The lowest BCUT2D eigenvalue weighted by Gasteiger charge is -2.33. The lowest BCUT2D eigenvalue weighted by atomic mass is 10.1. The van der Waals surface area contributed by atoms with Gasteiger partial charge in [0, 0.05) is 37.1 Å². The van der Waals surface area contributed by atoms with Gasteiger partial charge in [0.15, 0.2) is 5.76 Å². The quantitative estimate of drug-likeness (QED) is 0.675. The highest BCUT2D eigenvalue weighted by Crippen LogP contribution is 2.27. The predicted octanol–water partition coefficient (Wildman–Crippen LogP) is 3.03. The average molecular weight is 402 g/mol. The number of para-hydroxylation sites is 1. The molecule has 4 rings (SSSR count). The molecule has 1 aromatic heterocycles. The van der Waals surface area contributed by atoms with E-state index >= 15 is 0 Å². The van der Waals surface area contributed by atoms with Crippen molar-refractivity contribution in [3.05, 3.63) is 65.7 Å². The maximum atomic E-state index is 13.4. The standard InChI is InChI=1S/C20H19FN2O4S/c1-14-17-7-2-3-8-18(17)27-19(14)20(24)22-9-11-23(12-10-22)28(25,26)16-6-4-5-15(21)13-16/h2-8,13H,9-12H2,1H3. The fourth-order valence-electron chi connectivity index (χ4n) is 3.43. The number of hydrogen-bond donors (Lipinski definition) is 0. The monoisotopic (exact) mass is 402 g/mol. The van der Waals surface area contributed by atoms with Crippen LogP contribution in [0.2, 0.25) is 0 Å². The first-order chi connectivity index (χ1) is 13.4. The molecule has 0 N–H and O–H groups in total. The molecular formula is C20H19FN2O4S. The summed E-state index contributed by atoms with van der Waals surface area (Å²) in [4.78, 5) is 14.4. The number of hydrogen-bond acceptors (Lipinski definition) is 4. The molecule has 3 aromatic rings. The van der Waals surface area contributed by atoms with Crippen molar-refractivity contribution in [3.63, 3.8) is 0 Å². The van der Waals surface area contributed by atoms with Crippen molar-refractivity contribution >= 4 is 26.9 Å². The van der Waals surface area contributed by atoms with Crippen LogP contribution in [0.15, 0.2) is 57.8 Å². The SMILES string of the molecule is Cc1c(C(=O)N2CCN(S(=O)(=O)c3cccc(F)c3)CC2)oc2ccccc12. The molecule has 1 saturated heterocycles. The lowest BCUT2D eigenvalue weighted by Crippen LogP contribution is -2.50. The van der Waals surface area contributed by atoms with Crippen LogP contribution in [0.25, 0.3) is 11.0 Å². The summed E-state index contributed by atoms with van der Waals surface area (Å²) in [7, 11) is -3.80. The molecule has 1 aliphatic rings. The zero-order valence-electron chi connectivity index (χ0n) is 15.3. The van der Waals surface area contributed by atoms with Crippen molar-refractivity contribution in [2.24, 2.45) is 0 Å². The number of rotatable bonds is 3. The highest BCUT2D eigenvalue weighted by molar-refractivity contribution is 7.89. The minimum absolute atomic E-state index is 0.0830. The summed E-state index contributed by atoms with van der Waals surface area (Å²) < 4.78 is 45.8. The van der Waals surface area contributed by atoms with Crippen LogP contribution >= 0.6 is 0 Å². The third-order valence-corrected chi connectivity index (χ3v) is 6.89. The number of fused-ring (bicyclic) bond motifs is 1. The van der Waals surface area contributed by atoms with Crippen LogP contribution < -0.4 is 0 Å². The van der Waals surface area contributed by atoms with E-state index in [0.717, 1.165) is 17.0 Å². The summed E-state index contributed by atoms with van der Waals surface area (Å²) in [6.07, 6.45) is 0. The van der Waals surface area contributed by atoms with E-state index in [0.29, 0.717) is 5.58 Å². The second-order valence-electron chi connectivity index (χ2n) is 6.71. The van der Waals surface area contributed by atoms with E-state index in [-0.39, 0.29) is 42.7 Å². The second kappa shape index (κ2) is 7.03. The van der Waals surface area contributed by atoms with Gasteiger partial charge < -0.3 is 9.32 Å². The number of furan rings is 1. The van der Waals surface area contributed by atoms with Gasteiger partial charge in [0.25, 0.3) is 5.91 Å². The Labute approximate surface area is 162 Å². The van der Waals surface area contributed by atoms with Crippen LogP contribution in [0.5, 0.6) is 0 Å². The Morgan fingerprint density at radius 2 is 1.75 bits per heavy atom. The minimum Gasteiger partial charge on any atom is -0.451 e. The molecule has 1 amide bonds. The first-order valence-electron chi connectivity index (χ1n) is 8.91. The zero-order valence-corrected chi connectivity index (χ0v) is 16.1. The van der Waals surface area contributed by atoms with E-state index in [1.807, 2.05) is 31.2 Å². The van der Waals surface area contributed by atoms with Crippen molar-refractivity contribution in [2.75, 3.05) is 26.2 Å². The van der Waals surface area contributed by atoms with Crippen LogP contribution in [0, 0.1) is 12.7 Å². The molecule has 2 heterocycles. The molecule has 2 aromatic carbocycles. The molecular weight excluding hydrogens is 383 g/mol. The van der Waals surface area contributed by atoms with Gasteiger partial charge in [0.2, 0.25) is 10.0 Å². The number of sulfonamides is 1. The maximum absolute atomic E-state index is 13.4. The molecule has 0 saturated carbocycles. The summed E-state index contributed by atoms with van der Waals surface area (Å²) >= 11 is 0. The van der Waals surface area contributed by atoms with E-state index in [2.05, 4.69) is 0 Å². The Balaban J connectivity index is 1.50. The van der Waals surface area contributed by atoms with Gasteiger partial charge in [0.1, 0.15) is 11.4 Å². The van der Waals surface area contributed by atoms with Crippen molar-refractivity contribution in [2.45, 2.75) is 11.8 Å². The zero-order chi connectivity index (χ0) is 19.9. The molecule has 8 heteroatoms. The van der Waals surface area contributed by atoms with E-state index in [4.69, 9.17) is 4.42 Å². The molecule has 0 unspecified atom stereocenters. The van der Waals surface area contributed by atoms with Crippen LogP contribution in [0.3, 0.4) is 0 Å². The number of nitrogens with zero attached hydrogens (tertiary/aromatic N) is 2. The molecule has 1 fully saturated rings. The van der Waals surface area contributed by atoms with Crippen LogP contribution in [0.1, 0.15) is 16.1 Å². The smallest absolute Gasteiger partial charge is 0.289 e. The number of halogens is 1. The number of carbonyl (C=O) groups excluding carboxylic acids is 1. The van der Waals surface area contributed by atoms with Crippen molar-refractivity contribution in [1.82, 2.24) is 9.21 Å². The number of aryl methyl sites for hydroxylation is 1. The Kier molecular flexibility index (Phi) is 4.68. The topological polar surface area (TPSA) is 70.8 Å². The summed E-state index contributed by atoms with van der Waals surface area (Å²) in [5, 5.41) is 0.887. The fraction of sp³-hybridized carbons (Fsp3) is 0.250. The molecule has 0 spiro atoms. The maximum Gasteiger partial charge on any atom is 0.289 e. The first-order valence-corrected chi connectivity index (χ1v) is 10.3. The predicted molar refractivity (Wildman–Crippen MR) is 102 cm³/mol. The normalized spacial score (nSPS) is 15.9. The summed E-state index contributed by atoms with van der Waals surface area (Å²) in [6, 6.07) is 12.4. The second-order valence-corrected chi connectivity index (χ2v) is 8.64. The molecule has 146 valence electrons. The van der Waals surface area contributed by atoms with Gasteiger partial charge in [-0.3, -0.25) is 4.79 Å². The van der Waals surface area contributed by atoms with Crippen molar-refractivity contribution in [3.8, 4) is 0 Å². The number of amides is 1. The molecule has 1 aliphatic heterocycles. The highest BCUT2D eigenvalue weighted by atomic mass is 32.2. The van der Waals surface area contributed by atoms with Crippen LogP contribution in [-0.4, -0.2) is 49.7 Å². The Bertz CT molecular complexity index is 1150. The number of carbonyl (C=O) groups is 1. The third-order valence-electron chi connectivity index (χ3n) is 5.00. The Morgan fingerprint density at radius 1 is 1.04 bits per heavy atom. The minimum atomic E-state index is -3.80. The van der Waals surface area contributed by atoms with Gasteiger partial charge in [-0.2, -0.15) is 4.31 Å². The van der Waals surface area contributed by atoms with E-state index in [9.17, 15) is 17.6 Å². The van der Waals surface area contributed by atoms with Crippen LogP contribution in [-0.2, 0) is 10.0 Å². The molecule has 6 nitrogen and oxygen atoms in total. The summed E-state index contributed by atoms with van der Waals surface area (Å²) in [6.45, 7) is 2.60. The summed E-state index contributed by atoms with van der Waals surface area (Å²) in [5.41, 5.74) is 1.42. The van der Waals surface area contributed by atoms with Crippen molar-refractivity contribution in [1.29, 1.82) is 0 Å². The van der Waals surface area contributed by atoms with Crippen LogP contribution in [0.4, 0.5) is 4.39 Å². The highest BCUT2D eigenvalue weighted by Gasteiger charge is 2.32. The number of benzene rings is 2. The molecule has 0 radical (unpaired) electrons. The van der Waals surface area contributed by atoms with E-state index in [1.54, 1.807) is 4.90 Å². The Morgan fingerprint density at radius 3 is 2.43 bits per heavy atom. The van der Waals surface area contributed by atoms with Gasteiger partial charge in [-0.15, -0.1) is 0 Å². The molecule has 0 bridgehead atoms. The Hall–Kier alpha value is -2.71. The summed E-state index contributed by atoms with van der Waals surface area (Å²) in [5.74, 6) is -0.575. The lowest BCUT2D eigenvalue weighted by molar-refractivity contribution is 0.0667. The molecule has 0 aliphatic carbocycles. The van der Waals surface area contributed by atoms with Gasteiger partial charge in [0.05, 0.1) is 4.90 Å². The van der Waals surface area contributed by atoms with E-state index < -0.39 is 15.8 Å². The van der Waals surface area contributed by atoms with Gasteiger partial charge in [-0.05, 0) is 31.2 Å². The van der Waals surface area contributed by atoms with E-state index in [1.165, 1.54) is 22.5 Å². The number of piperazine rings is 1. The first kappa shape index (κ1) is 18.6. The van der Waals surface area contributed by atoms with Gasteiger partial charge in [-0.1, -0.05) is 24.3 Å². The van der Waals surface area contributed by atoms with Crippen molar-refractivity contribution < 1.29 is 22.0 Å². The fourth-order valence-corrected chi connectivity index (χ4v) is 4.88. The third kappa shape index (κ3) is 3.18. The van der Waals surface area contributed by atoms with Gasteiger partial charge in [-0.25, -0.2) is 12.8 Å².